The van der Waals surface area contributed by atoms with E-state index in [9.17, 15) is 24.6 Å². The number of nitrogens with two attached hydrogens (primary N) is 1. The first-order valence-corrected chi connectivity index (χ1v) is 11.6. The number of para-hydroxylation sites is 1. The van der Waals surface area contributed by atoms with Gasteiger partial charge in [-0.25, -0.2) is 4.79 Å². The summed E-state index contributed by atoms with van der Waals surface area (Å²) < 4.78 is 0. The number of hydrogen-bond acceptors (Lipinski definition) is 5. The zero-order chi connectivity index (χ0) is 25.5. The molecule has 0 bridgehead atoms. The van der Waals surface area contributed by atoms with Gasteiger partial charge >= 0.3 is 5.97 Å². The molecule has 0 aliphatic carbocycles. The van der Waals surface area contributed by atoms with Crippen LogP contribution in [0.5, 0.6) is 5.75 Å². The van der Waals surface area contributed by atoms with Gasteiger partial charge < -0.3 is 31.6 Å². The minimum Gasteiger partial charge on any atom is -0.508 e. The van der Waals surface area contributed by atoms with E-state index in [2.05, 4.69) is 15.6 Å². The Hall–Kier alpha value is -3.85. The summed E-state index contributed by atoms with van der Waals surface area (Å²) in [6.07, 6.45) is 2.39. The molecule has 2 aromatic carbocycles. The van der Waals surface area contributed by atoms with Crippen LogP contribution in [0.2, 0.25) is 0 Å². The van der Waals surface area contributed by atoms with Crippen molar-refractivity contribution in [2.75, 3.05) is 0 Å². The Morgan fingerprint density at radius 2 is 1.60 bits per heavy atom. The van der Waals surface area contributed by atoms with Gasteiger partial charge in [-0.15, -0.1) is 0 Å². The lowest BCUT2D eigenvalue weighted by atomic mass is 10.0. The molecule has 1 aromatic heterocycles. The molecule has 0 saturated heterocycles. The molecule has 9 nitrogen and oxygen atoms in total. The van der Waals surface area contributed by atoms with E-state index in [0.29, 0.717) is 12.0 Å². The number of carbonyl (C=O) groups is 3. The fourth-order valence-electron chi connectivity index (χ4n) is 3.96. The topological polar surface area (TPSA) is 158 Å². The number of carboxylic acids is 1. The number of amides is 2. The lowest BCUT2D eigenvalue weighted by Gasteiger charge is -2.23. The zero-order valence-corrected chi connectivity index (χ0v) is 19.8. The van der Waals surface area contributed by atoms with Crippen LogP contribution in [0.3, 0.4) is 0 Å². The van der Waals surface area contributed by atoms with Crippen molar-refractivity contribution in [1.82, 2.24) is 15.6 Å². The number of phenols is 1. The van der Waals surface area contributed by atoms with Gasteiger partial charge in [-0.05, 0) is 41.7 Å². The number of phenolic OH excluding ortho intramolecular Hbond substituents is 1. The highest BCUT2D eigenvalue weighted by Crippen LogP contribution is 2.19. The minimum atomic E-state index is -1.22. The first kappa shape index (κ1) is 25.8. The van der Waals surface area contributed by atoms with Crippen LogP contribution in [0.25, 0.3) is 10.9 Å². The maximum atomic E-state index is 13.3. The molecule has 0 spiro atoms. The lowest BCUT2D eigenvalue weighted by molar-refractivity contribution is -0.142. The van der Waals surface area contributed by atoms with E-state index in [4.69, 9.17) is 5.73 Å². The van der Waals surface area contributed by atoms with Crippen molar-refractivity contribution >= 4 is 28.7 Å². The molecule has 1 heterocycles. The van der Waals surface area contributed by atoms with E-state index < -0.39 is 35.9 Å². The number of nitrogens with one attached hydrogen (secondary N) is 3. The molecule has 0 aliphatic heterocycles. The predicted octanol–water partition coefficient (Wildman–Crippen LogP) is 2.09. The van der Waals surface area contributed by atoms with Crippen LogP contribution in [-0.4, -0.2) is 51.1 Å². The molecule has 3 aromatic rings. The monoisotopic (exact) mass is 480 g/mol. The molecular weight excluding hydrogens is 448 g/mol. The number of aromatic hydroxyl groups is 1. The van der Waals surface area contributed by atoms with Crippen molar-refractivity contribution in [1.29, 1.82) is 0 Å². The Morgan fingerprint density at radius 3 is 2.26 bits per heavy atom. The third-order valence-electron chi connectivity index (χ3n) is 5.78. The largest absolute Gasteiger partial charge is 0.508 e. The van der Waals surface area contributed by atoms with Crippen LogP contribution < -0.4 is 16.4 Å². The van der Waals surface area contributed by atoms with Gasteiger partial charge in [0.1, 0.15) is 17.8 Å². The van der Waals surface area contributed by atoms with Gasteiger partial charge in [0.15, 0.2) is 0 Å². The lowest BCUT2D eigenvalue weighted by Crippen LogP contribution is -2.55. The number of benzene rings is 2. The Kier molecular flexibility index (Phi) is 8.48. The van der Waals surface area contributed by atoms with Crippen molar-refractivity contribution in [2.24, 2.45) is 11.7 Å². The maximum absolute atomic E-state index is 13.3. The number of hydrogen-bond donors (Lipinski definition) is 6. The molecule has 0 radical (unpaired) electrons. The molecule has 186 valence electrons. The average Bonchev–Trinajstić information content (AvgIpc) is 3.21. The van der Waals surface area contributed by atoms with Crippen molar-refractivity contribution < 1.29 is 24.6 Å². The predicted molar refractivity (Wildman–Crippen MR) is 133 cm³/mol. The second-order valence-electron chi connectivity index (χ2n) is 9.13. The summed E-state index contributed by atoms with van der Waals surface area (Å²) >= 11 is 0. The number of aromatic nitrogens is 1. The van der Waals surface area contributed by atoms with Gasteiger partial charge in [0.2, 0.25) is 11.8 Å². The van der Waals surface area contributed by atoms with Crippen LogP contribution >= 0.6 is 0 Å². The molecule has 7 N–H and O–H groups in total. The second-order valence-corrected chi connectivity index (χ2v) is 9.13. The summed E-state index contributed by atoms with van der Waals surface area (Å²) in [6, 6.07) is 10.6. The quantitative estimate of drug-likeness (QED) is 0.247. The number of carboxylic acid groups (broad SMARTS) is 1. The van der Waals surface area contributed by atoms with E-state index in [-0.39, 0.29) is 24.5 Å². The highest BCUT2D eigenvalue weighted by molar-refractivity contribution is 5.93. The summed E-state index contributed by atoms with van der Waals surface area (Å²) in [5, 5.41) is 25.4. The maximum Gasteiger partial charge on any atom is 0.326 e. The van der Waals surface area contributed by atoms with Gasteiger partial charge in [-0.1, -0.05) is 44.2 Å². The van der Waals surface area contributed by atoms with E-state index in [1.165, 1.54) is 12.1 Å². The van der Waals surface area contributed by atoms with Gasteiger partial charge in [-0.3, -0.25) is 9.59 Å². The van der Waals surface area contributed by atoms with Gasteiger partial charge in [0, 0.05) is 29.9 Å². The molecule has 0 fully saturated rings. The van der Waals surface area contributed by atoms with Crippen LogP contribution in [0.4, 0.5) is 0 Å². The summed E-state index contributed by atoms with van der Waals surface area (Å²) in [5.74, 6) is -2.04. The molecule has 9 heteroatoms. The fraction of sp³-hybridized carbons (Fsp3) is 0.346. The van der Waals surface area contributed by atoms with Crippen LogP contribution in [-0.2, 0) is 27.2 Å². The third-order valence-corrected chi connectivity index (χ3v) is 5.78. The van der Waals surface area contributed by atoms with Crippen molar-refractivity contribution in [2.45, 2.75) is 51.2 Å². The van der Waals surface area contributed by atoms with Gasteiger partial charge in [-0.2, -0.15) is 0 Å². The molecule has 0 aliphatic rings. The van der Waals surface area contributed by atoms with Crippen LogP contribution in [0, 0.1) is 5.92 Å². The average molecular weight is 481 g/mol. The van der Waals surface area contributed by atoms with Crippen molar-refractivity contribution in [3.63, 3.8) is 0 Å². The first-order valence-electron chi connectivity index (χ1n) is 11.6. The number of H-pyrrole nitrogens is 1. The Morgan fingerprint density at radius 1 is 0.943 bits per heavy atom. The molecular formula is C26H32N4O5. The summed E-state index contributed by atoms with van der Waals surface area (Å²) in [5.41, 5.74) is 8.36. The van der Waals surface area contributed by atoms with E-state index in [1.54, 1.807) is 18.3 Å². The second kappa shape index (κ2) is 11.5. The molecule has 3 rings (SSSR count). The Labute approximate surface area is 203 Å². The summed E-state index contributed by atoms with van der Waals surface area (Å²) in [7, 11) is 0. The van der Waals surface area contributed by atoms with Gasteiger partial charge in [0.05, 0.1) is 6.04 Å². The SMILES string of the molecule is CC(C)CC(N)C(=O)NC(Cc1c[nH]c2ccccc12)C(=O)NC(Cc1ccc(O)cc1)C(=O)O. The third kappa shape index (κ3) is 7.07. The number of aliphatic carboxylic acids is 1. The number of rotatable bonds is 11. The van der Waals surface area contributed by atoms with E-state index in [0.717, 1.165) is 16.5 Å². The van der Waals surface area contributed by atoms with E-state index >= 15 is 0 Å². The highest BCUT2D eigenvalue weighted by atomic mass is 16.4. The van der Waals surface area contributed by atoms with Crippen LogP contribution in [0.15, 0.2) is 54.7 Å². The number of fused-ring (bicyclic) bond motifs is 1. The molecule has 3 atom stereocenters. The summed E-state index contributed by atoms with van der Waals surface area (Å²) in [6.45, 7) is 3.90. The molecule has 0 saturated carbocycles. The molecule has 2 amide bonds. The Balaban J connectivity index is 1.81. The van der Waals surface area contributed by atoms with Gasteiger partial charge in [0.25, 0.3) is 0 Å². The zero-order valence-electron chi connectivity index (χ0n) is 19.8. The highest BCUT2D eigenvalue weighted by Gasteiger charge is 2.29. The summed E-state index contributed by atoms with van der Waals surface area (Å²) in [4.78, 5) is 41.1. The fourth-order valence-corrected chi connectivity index (χ4v) is 3.96. The number of aromatic amines is 1. The first-order chi connectivity index (χ1) is 16.6. The Bertz CT molecular complexity index is 1170. The van der Waals surface area contributed by atoms with Crippen molar-refractivity contribution in [3.05, 3.63) is 65.9 Å². The minimum absolute atomic E-state index is 0.0158. The molecule has 35 heavy (non-hydrogen) atoms. The normalized spacial score (nSPS) is 13.8. The van der Waals surface area contributed by atoms with E-state index in [1.807, 2.05) is 38.1 Å². The van der Waals surface area contributed by atoms with Crippen LogP contribution in [0.1, 0.15) is 31.4 Å². The standard InChI is InChI=1S/C26H32N4O5/c1-15(2)11-20(27)24(32)29-22(13-17-14-28-21-6-4-3-5-19(17)21)25(33)30-23(26(34)35)12-16-7-9-18(31)10-8-16/h3-10,14-15,20,22-23,28,31H,11-13,27H2,1-2H3,(H,29,32)(H,30,33)(H,34,35). The van der Waals surface area contributed by atoms with Crippen molar-refractivity contribution in [3.8, 4) is 5.75 Å². The smallest absolute Gasteiger partial charge is 0.326 e. The number of carbonyl (C=O) groups excluding carboxylic acids is 2. The molecule has 3 unspecified atom stereocenters.